The first-order valence-electron chi connectivity index (χ1n) is 5.94. The molecule has 0 bridgehead atoms. The highest BCUT2D eigenvalue weighted by Crippen LogP contribution is 2.11. The second-order valence-electron chi connectivity index (χ2n) is 4.39. The topological polar surface area (TPSA) is 37.8 Å². The first-order chi connectivity index (χ1) is 8.65. The minimum atomic E-state index is -0.165. The van der Waals surface area contributed by atoms with Crippen LogP contribution >= 0.6 is 0 Å². The summed E-state index contributed by atoms with van der Waals surface area (Å²) in [5.74, 6) is 0.556. The smallest absolute Gasteiger partial charge is 0.145 e. The van der Waals surface area contributed by atoms with Crippen LogP contribution in [0.15, 0.2) is 36.7 Å². The van der Waals surface area contributed by atoms with Crippen LogP contribution in [0.1, 0.15) is 18.2 Å². The van der Waals surface area contributed by atoms with E-state index < -0.39 is 0 Å². The number of aromatic nitrogens is 2. The van der Waals surface area contributed by atoms with E-state index in [1.54, 1.807) is 24.5 Å². The number of hydrogen-bond acceptors (Lipinski definition) is 3. The van der Waals surface area contributed by atoms with Crippen LogP contribution in [-0.4, -0.2) is 16.0 Å². The van der Waals surface area contributed by atoms with Crippen molar-refractivity contribution in [3.8, 4) is 0 Å². The Morgan fingerprint density at radius 2 is 2.06 bits per heavy atom. The maximum atomic E-state index is 13.5. The number of nitrogens with zero attached hydrogens (tertiary/aromatic N) is 2. The van der Waals surface area contributed by atoms with Gasteiger partial charge in [-0.1, -0.05) is 18.2 Å². The van der Waals surface area contributed by atoms with Gasteiger partial charge in [-0.2, -0.15) is 0 Å². The van der Waals surface area contributed by atoms with E-state index in [1.165, 1.54) is 6.07 Å². The van der Waals surface area contributed by atoms with Crippen molar-refractivity contribution in [1.29, 1.82) is 0 Å². The van der Waals surface area contributed by atoms with E-state index in [0.29, 0.717) is 12.0 Å². The zero-order chi connectivity index (χ0) is 13.0. The summed E-state index contributed by atoms with van der Waals surface area (Å²) in [6, 6.07) is 6.92. The maximum Gasteiger partial charge on any atom is 0.145 e. The number of anilines is 1. The van der Waals surface area contributed by atoms with E-state index in [1.807, 2.05) is 19.9 Å². The van der Waals surface area contributed by atoms with Crippen molar-refractivity contribution >= 4 is 5.82 Å². The molecule has 2 aromatic rings. The lowest BCUT2D eigenvalue weighted by atomic mass is 10.1. The van der Waals surface area contributed by atoms with Gasteiger partial charge in [0.25, 0.3) is 0 Å². The normalized spacial score (nSPS) is 12.2. The number of benzene rings is 1. The minimum absolute atomic E-state index is 0.0954. The SMILES string of the molecule is Cc1cncc(NC(C)Cc2ccccc2F)n1. The van der Waals surface area contributed by atoms with Crippen LogP contribution in [-0.2, 0) is 6.42 Å². The van der Waals surface area contributed by atoms with Gasteiger partial charge >= 0.3 is 0 Å². The summed E-state index contributed by atoms with van der Waals surface area (Å²) in [7, 11) is 0. The van der Waals surface area contributed by atoms with Crippen LogP contribution < -0.4 is 5.32 Å². The van der Waals surface area contributed by atoms with Gasteiger partial charge in [0.15, 0.2) is 0 Å². The van der Waals surface area contributed by atoms with Gasteiger partial charge < -0.3 is 5.32 Å². The molecule has 0 fully saturated rings. The molecule has 0 saturated heterocycles. The van der Waals surface area contributed by atoms with Crippen LogP contribution in [0.25, 0.3) is 0 Å². The van der Waals surface area contributed by atoms with Crippen LogP contribution in [0.3, 0.4) is 0 Å². The summed E-state index contributed by atoms with van der Waals surface area (Å²) >= 11 is 0. The van der Waals surface area contributed by atoms with E-state index in [9.17, 15) is 4.39 Å². The average molecular weight is 245 g/mol. The molecule has 3 nitrogen and oxygen atoms in total. The highest BCUT2D eigenvalue weighted by atomic mass is 19.1. The van der Waals surface area contributed by atoms with Gasteiger partial charge in [-0.05, 0) is 31.9 Å². The number of rotatable bonds is 4. The number of nitrogens with one attached hydrogen (secondary N) is 1. The van der Waals surface area contributed by atoms with Gasteiger partial charge in [0.2, 0.25) is 0 Å². The Balaban J connectivity index is 2.01. The van der Waals surface area contributed by atoms with Crippen LogP contribution in [0.2, 0.25) is 0 Å². The Hall–Kier alpha value is -1.97. The van der Waals surface area contributed by atoms with E-state index in [0.717, 1.165) is 11.5 Å². The molecule has 1 atom stereocenters. The average Bonchev–Trinajstić information content (AvgIpc) is 2.32. The highest BCUT2D eigenvalue weighted by Gasteiger charge is 2.08. The Morgan fingerprint density at radius 1 is 1.28 bits per heavy atom. The second kappa shape index (κ2) is 5.58. The molecule has 1 aromatic heterocycles. The lowest BCUT2D eigenvalue weighted by Gasteiger charge is -2.14. The molecule has 1 heterocycles. The summed E-state index contributed by atoms with van der Waals surface area (Å²) in [4.78, 5) is 8.37. The fourth-order valence-electron chi connectivity index (χ4n) is 1.83. The van der Waals surface area contributed by atoms with Crippen molar-refractivity contribution in [2.75, 3.05) is 5.32 Å². The third kappa shape index (κ3) is 3.26. The monoisotopic (exact) mass is 245 g/mol. The Labute approximate surface area is 106 Å². The molecule has 0 aliphatic carbocycles. The summed E-state index contributed by atoms with van der Waals surface area (Å²) in [6.07, 6.45) is 3.99. The molecule has 0 spiro atoms. The van der Waals surface area contributed by atoms with Crippen molar-refractivity contribution in [1.82, 2.24) is 9.97 Å². The van der Waals surface area contributed by atoms with Gasteiger partial charge in [0, 0.05) is 12.2 Å². The van der Waals surface area contributed by atoms with Crippen molar-refractivity contribution in [3.63, 3.8) is 0 Å². The standard InChI is InChI=1S/C14H16FN3/c1-10(7-12-5-3-4-6-13(12)15)17-14-9-16-8-11(2)18-14/h3-6,8-10H,7H2,1-2H3,(H,17,18). The molecule has 1 aromatic carbocycles. The van der Waals surface area contributed by atoms with Crippen molar-refractivity contribution in [3.05, 3.63) is 53.7 Å². The maximum absolute atomic E-state index is 13.5. The third-order valence-electron chi connectivity index (χ3n) is 2.63. The number of halogens is 1. The van der Waals surface area contributed by atoms with E-state index in [4.69, 9.17) is 0 Å². The van der Waals surface area contributed by atoms with Crippen LogP contribution in [0, 0.1) is 12.7 Å². The molecule has 0 aliphatic rings. The Kier molecular flexibility index (Phi) is 3.87. The molecular weight excluding hydrogens is 229 g/mol. The van der Waals surface area contributed by atoms with E-state index in [2.05, 4.69) is 15.3 Å². The largest absolute Gasteiger partial charge is 0.366 e. The van der Waals surface area contributed by atoms with E-state index in [-0.39, 0.29) is 11.9 Å². The zero-order valence-corrected chi connectivity index (χ0v) is 10.5. The molecule has 94 valence electrons. The van der Waals surface area contributed by atoms with Gasteiger partial charge in [-0.25, -0.2) is 9.37 Å². The molecule has 2 rings (SSSR count). The molecule has 1 unspecified atom stereocenters. The summed E-state index contributed by atoms with van der Waals surface area (Å²) in [5.41, 5.74) is 1.57. The predicted octanol–water partition coefficient (Wildman–Crippen LogP) is 2.97. The lowest BCUT2D eigenvalue weighted by molar-refractivity contribution is 0.601. The number of aryl methyl sites for hydroxylation is 1. The predicted molar refractivity (Wildman–Crippen MR) is 70.0 cm³/mol. The van der Waals surface area contributed by atoms with Gasteiger partial charge in [0.05, 0.1) is 11.9 Å². The highest BCUT2D eigenvalue weighted by molar-refractivity contribution is 5.33. The van der Waals surface area contributed by atoms with Gasteiger partial charge in [-0.3, -0.25) is 4.98 Å². The Bertz CT molecular complexity index is 528. The molecule has 0 amide bonds. The Morgan fingerprint density at radius 3 is 2.78 bits per heavy atom. The zero-order valence-electron chi connectivity index (χ0n) is 10.5. The lowest BCUT2D eigenvalue weighted by Crippen LogP contribution is -2.19. The van der Waals surface area contributed by atoms with Crippen molar-refractivity contribution in [2.45, 2.75) is 26.3 Å². The minimum Gasteiger partial charge on any atom is -0.366 e. The third-order valence-corrected chi connectivity index (χ3v) is 2.63. The first-order valence-corrected chi connectivity index (χ1v) is 5.94. The van der Waals surface area contributed by atoms with Crippen molar-refractivity contribution in [2.24, 2.45) is 0 Å². The van der Waals surface area contributed by atoms with Crippen LogP contribution in [0.5, 0.6) is 0 Å². The molecule has 18 heavy (non-hydrogen) atoms. The van der Waals surface area contributed by atoms with Gasteiger partial charge in [-0.15, -0.1) is 0 Å². The molecule has 1 N–H and O–H groups in total. The first kappa shape index (κ1) is 12.5. The molecule has 0 aliphatic heterocycles. The fourth-order valence-corrected chi connectivity index (χ4v) is 1.83. The molecule has 4 heteroatoms. The quantitative estimate of drug-likeness (QED) is 0.899. The molecular formula is C14H16FN3. The number of hydrogen-bond donors (Lipinski definition) is 1. The van der Waals surface area contributed by atoms with Crippen molar-refractivity contribution < 1.29 is 4.39 Å². The summed E-state index contributed by atoms with van der Waals surface area (Å²) in [5, 5.41) is 3.22. The van der Waals surface area contributed by atoms with Gasteiger partial charge in [0.1, 0.15) is 11.6 Å². The summed E-state index contributed by atoms with van der Waals surface area (Å²) in [6.45, 7) is 3.89. The second-order valence-corrected chi connectivity index (χ2v) is 4.39. The fraction of sp³-hybridized carbons (Fsp3) is 0.286. The van der Waals surface area contributed by atoms with E-state index >= 15 is 0 Å². The molecule has 0 saturated carbocycles. The van der Waals surface area contributed by atoms with Crippen LogP contribution in [0.4, 0.5) is 10.2 Å². The summed E-state index contributed by atoms with van der Waals surface area (Å²) < 4.78 is 13.5. The molecule has 0 radical (unpaired) electrons.